The van der Waals surface area contributed by atoms with Crippen LogP contribution in [0.15, 0.2) is 29.6 Å². The van der Waals surface area contributed by atoms with Crippen LogP contribution in [0, 0.1) is 11.6 Å². The summed E-state index contributed by atoms with van der Waals surface area (Å²) in [5, 5.41) is -0.00674. The highest BCUT2D eigenvalue weighted by atomic mass is 32.2. The van der Waals surface area contributed by atoms with Gasteiger partial charge in [0, 0.05) is 24.0 Å². The average molecular weight is 498 g/mol. The fourth-order valence-electron chi connectivity index (χ4n) is 3.43. The van der Waals surface area contributed by atoms with Crippen molar-refractivity contribution in [3.05, 3.63) is 41.7 Å². The largest absolute Gasteiger partial charge is 0.417 e. The van der Waals surface area contributed by atoms with Crippen LogP contribution in [-0.4, -0.2) is 51.2 Å². The molecule has 2 aromatic heterocycles. The van der Waals surface area contributed by atoms with Crippen LogP contribution in [0.4, 0.5) is 35.1 Å². The smallest absolute Gasteiger partial charge is 0.367 e. The zero-order valence-electron chi connectivity index (χ0n) is 16.4. The molecule has 178 valence electrons. The fraction of sp³-hybridized carbons (Fsp3) is 0.368. The van der Waals surface area contributed by atoms with Crippen molar-refractivity contribution in [1.82, 2.24) is 19.3 Å². The maximum atomic E-state index is 14.6. The Hall–Kier alpha value is -2.45. The van der Waals surface area contributed by atoms with Crippen molar-refractivity contribution in [2.45, 2.75) is 29.9 Å². The number of benzene rings is 1. The molecule has 0 unspecified atom stereocenters. The highest BCUT2D eigenvalue weighted by Crippen LogP contribution is 2.42. The number of ether oxygens (including phenoxy) is 1. The van der Waals surface area contributed by atoms with Gasteiger partial charge in [-0.2, -0.15) is 26.3 Å². The lowest BCUT2D eigenvalue weighted by molar-refractivity contribution is -0.218. The summed E-state index contributed by atoms with van der Waals surface area (Å²) in [6.45, 7) is -0.121. The molecule has 0 saturated carbocycles. The van der Waals surface area contributed by atoms with Crippen molar-refractivity contribution in [3.63, 3.8) is 0 Å². The molecule has 1 aliphatic rings. The first-order chi connectivity index (χ1) is 15.4. The molecular weight excluding hydrogens is 484 g/mol. The van der Waals surface area contributed by atoms with Gasteiger partial charge in [0.15, 0.2) is 17.7 Å². The number of alkyl halides is 6. The second kappa shape index (κ2) is 8.72. The number of aromatic amines is 1. The molecule has 3 aromatic rings. The van der Waals surface area contributed by atoms with E-state index in [4.69, 9.17) is 4.74 Å². The summed E-state index contributed by atoms with van der Waals surface area (Å²) in [7, 11) is 0. The molecule has 1 fully saturated rings. The molecular formula is C19H14F8N4OS. The molecule has 1 atom stereocenters. The molecule has 0 spiro atoms. The van der Waals surface area contributed by atoms with Gasteiger partial charge in [0.1, 0.15) is 5.82 Å². The van der Waals surface area contributed by atoms with E-state index in [1.165, 1.54) is 10.4 Å². The number of aromatic nitrogens is 3. The zero-order chi connectivity index (χ0) is 24.0. The van der Waals surface area contributed by atoms with Crippen molar-refractivity contribution in [1.29, 1.82) is 0 Å². The van der Waals surface area contributed by atoms with Crippen molar-refractivity contribution in [2.24, 2.45) is 0 Å². The molecule has 0 aliphatic carbocycles. The molecule has 5 nitrogen and oxygen atoms in total. The monoisotopic (exact) mass is 498 g/mol. The van der Waals surface area contributed by atoms with E-state index in [1.54, 1.807) is 0 Å². The van der Waals surface area contributed by atoms with Crippen LogP contribution in [0.1, 0.15) is 12.0 Å². The van der Waals surface area contributed by atoms with Crippen LogP contribution < -0.4 is 0 Å². The van der Waals surface area contributed by atoms with Crippen LogP contribution in [-0.2, 0) is 10.9 Å². The van der Waals surface area contributed by atoms with E-state index in [1.807, 2.05) is 0 Å². The van der Waals surface area contributed by atoms with Crippen molar-refractivity contribution < 1.29 is 39.9 Å². The Morgan fingerprint density at radius 2 is 1.73 bits per heavy atom. The summed E-state index contributed by atoms with van der Waals surface area (Å²) in [5.41, 5.74) is -2.16. The number of nitrogens with zero attached hydrogens (tertiary/aromatic N) is 3. The summed E-state index contributed by atoms with van der Waals surface area (Å²) in [4.78, 5) is 9.88. The zero-order valence-corrected chi connectivity index (χ0v) is 17.2. The maximum Gasteiger partial charge on any atom is 0.417 e. The predicted molar refractivity (Wildman–Crippen MR) is 102 cm³/mol. The van der Waals surface area contributed by atoms with Gasteiger partial charge in [-0.3, -0.25) is 0 Å². The van der Waals surface area contributed by atoms with Crippen LogP contribution in [0.3, 0.4) is 0 Å². The van der Waals surface area contributed by atoms with Gasteiger partial charge in [-0.1, -0.05) is 0 Å². The van der Waals surface area contributed by atoms with Gasteiger partial charge in [0.2, 0.25) is 0 Å². The number of hydrogen-bond acceptors (Lipinski definition) is 5. The van der Waals surface area contributed by atoms with Gasteiger partial charge < -0.3 is 9.72 Å². The molecule has 0 bridgehead atoms. The lowest BCUT2D eigenvalue weighted by Gasteiger charge is -2.18. The van der Waals surface area contributed by atoms with Crippen LogP contribution in [0.5, 0.6) is 0 Å². The third-order valence-electron chi connectivity index (χ3n) is 4.88. The van der Waals surface area contributed by atoms with Gasteiger partial charge in [0.25, 0.3) is 0 Å². The number of rotatable bonds is 3. The third kappa shape index (κ3) is 5.06. The van der Waals surface area contributed by atoms with E-state index in [0.717, 1.165) is 11.9 Å². The second-order valence-corrected chi connectivity index (χ2v) is 8.27. The van der Waals surface area contributed by atoms with Crippen LogP contribution >= 0.6 is 11.9 Å². The third-order valence-corrected chi connectivity index (χ3v) is 5.92. The summed E-state index contributed by atoms with van der Waals surface area (Å²) >= 11 is 0.926. The Kier molecular flexibility index (Phi) is 6.26. The van der Waals surface area contributed by atoms with Gasteiger partial charge in [-0.05, 0) is 30.5 Å². The molecule has 0 radical (unpaired) electrons. The Balaban J connectivity index is 1.72. The molecule has 1 saturated heterocycles. The van der Waals surface area contributed by atoms with E-state index >= 15 is 0 Å². The second-order valence-electron chi connectivity index (χ2n) is 7.14. The average Bonchev–Trinajstić information content (AvgIpc) is 2.98. The van der Waals surface area contributed by atoms with Gasteiger partial charge in [0.05, 0.1) is 35.1 Å². The highest BCUT2D eigenvalue weighted by molar-refractivity contribution is 7.97. The number of hydrogen-bond donors (Lipinski definition) is 1. The van der Waals surface area contributed by atoms with Crippen molar-refractivity contribution >= 4 is 22.9 Å². The number of halogens is 8. The number of fused-ring (bicyclic) bond motifs is 1. The maximum absolute atomic E-state index is 14.6. The molecule has 1 aromatic carbocycles. The summed E-state index contributed by atoms with van der Waals surface area (Å²) in [5.74, 6) is -2.51. The number of H-pyrrole nitrogens is 1. The van der Waals surface area contributed by atoms with E-state index in [0.29, 0.717) is 18.5 Å². The minimum absolute atomic E-state index is 0.0194. The van der Waals surface area contributed by atoms with Crippen LogP contribution in [0.25, 0.3) is 22.3 Å². The molecule has 1 N–H and O–H groups in total. The molecule has 1 aliphatic heterocycles. The highest BCUT2D eigenvalue weighted by Gasteiger charge is 2.42. The van der Waals surface area contributed by atoms with Crippen LogP contribution in [0.2, 0.25) is 0 Å². The summed E-state index contributed by atoms with van der Waals surface area (Å²) < 4.78 is 114. The first kappa shape index (κ1) is 23.7. The molecule has 3 heterocycles. The molecule has 0 amide bonds. The van der Waals surface area contributed by atoms with E-state index in [-0.39, 0.29) is 42.0 Å². The van der Waals surface area contributed by atoms with Gasteiger partial charge in [-0.15, -0.1) is 0 Å². The van der Waals surface area contributed by atoms with Crippen molar-refractivity contribution in [3.8, 4) is 11.4 Å². The topological polar surface area (TPSA) is 54.0 Å². The quantitative estimate of drug-likeness (QED) is 0.378. The first-order valence-electron chi connectivity index (χ1n) is 9.45. The normalized spacial score (nSPS) is 18.6. The Bertz CT molecular complexity index is 1150. The Labute approximate surface area is 185 Å². The minimum Gasteiger partial charge on any atom is -0.367 e. The van der Waals surface area contributed by atoms with Crippen molar-refractivity contribution in [2.75, 3.05) is 19.7 Å². The minimum atomic E-state index is -4.96. The van der Waals surface area contributed by atoms with E-state index in [9.17, 15) is 35.1 Å². The standard InChI is InChI=1S/C19H14F8N4OS/c20-9-7-28-17(29-8-9)15-10-5-14(30-16(10)12(21)6-11(15)18(22,23)24)33-31-2-1-13(19(25,26)27)32-4-3-31/h5-8,13,30H,1-4H2/t13-/m0/s1. The van der Waals surface area contributed by atoms with Gasteiger partial charge in [-0.25, -0.2) is 23.1 Å². The SMILES string of the molecule is Fc1cnc(-c2c(C(F)(F)F)cc(F)c3[nH]c(SN4CCO[C@H](C(F)(F)F)CC4)cc23)nc1. The lowest BCUT2D eigenvalue weighted by atomic mass is 10.0. The van der Waals surface area contributed by atoms with E-state index in [2.05, 4.69) is 15.0 Å². The fourth-order valence-corrected chi connectivity index (χ4v) is 4.39. The Morgan fingerprint density at radius 3 is 2.36 bits per heavy atom. The predicted octanol–water partition coefficient (Wildman–Crippen LogP) is 5.58. The first-order valence-corrected chi connectivity index (χ1v) is 10.2. The lowest BCUT2D eigenvalue weighted by Crippen LogP contribution is -2.31. The Morgan fingerprint density at radius 1 is 1.03 bits per heavy atom. The van der Waals surface area contributed by atoms with Gasteiger partial charge >= 0.3 is 12.4 Å². The summed E-state index contributed by atoms with van der Waals surface area (Å²) in [6.07, 6.45) is -10.3. The summed E-state index contributed by atoms with van der Waals surface area (Å²) in [6, 6.07) is 1.52. The number of nitrogens with one attached hydrogen (secondary N) is 1. The molecule has 14 heteroatoms. The van der Waals surface area contributed by atoms with E-state index < -0.39 is 47.0 Å². The molecule has 33 heavy (non-hydrogen) atoms. The molecule has 4 rings (SSSR count).